The highest BCUT2D eigenvalue weighted by Crippen LogP contribution is 2.24. The van der Waals surface area contributed by atoms with Gasteiger partial charge in [0.15, 0.2) is 17.7 Å². The lowest BCUT2D eigenvalue weighted by Gasteiger charge is -2.12. The highest BCUT2D eigenvalue weighted by atomic mass is 19.1. The Morgan fingerprint density at radius 2 is 1.92 bits per heavy atom. The van der Waals surface area contributed by atoms with Crippen molar-refractivity contribution in [2.75, 3.05) is 6.61 Å². The highest BCUT2D eigenvalue weighted by molar-refractivity contribution is 6.01. The van der Waals surface area contributed by atoms with Crippen molar-refractivity contribution in [2.24, 2.45) is 10.9 Å². The number of nitrogens with two attached hydrogens (primary N) is 1. The number of rotatable bonds is 5. The molecule has 1 aliphatic rings. The molecule has 0 aliphatic carbocycles. The van der Waals surface area contributed by atoms with Gasteiger partial charge in [0, 0.05) is 6.42 Å². The van der Waals surface area contributed by atoms with Crippen LogP contribution in [-0.4, -0.2) is 24.3 Å². The first-order chi connectivity index (χ1) is 12.0. The summed E-state index contributed by atoms with van der Waals surface area (Å²) in [5.74, 6) is -4.12. The molecule has 1 unspecified atom stereocenters. The number of amides is 1. The lowest BCUT2D eigenvalue weighted by atomic mass is 10.1. The van der Waals surface area contributed by atoms with Gasteiger partial charge in [-0.15, -0.1) is 0 Å². The Morgan fingerprint density at radius 3 is 2.60 bits per heavy atom. The molecule has 5 nitrogen and oxygen atoms in total. The fraction of sp³-hybridized carbons (Fsp3) is 0.176. The molecule has 1 heterocycles. The standard InChI is InChI=1S/C17H13F3N2O3/c18-10-3-1-9(2-4-10)13-7-11(25-22-13)8-24-14-6-5-12(19)15(16(14)20)17(21)23/h1-6,11H,7-8H2,(H2,21,23). The molecule has 130 valence electrons. The van der Waals surface area contributed by atoms with E-state index >= 15 is 0 Å². The van der Waals surface area contributed by atoms with Crippen molar-refractivity contribution < 1.29 is 27.5 Å². The zero-order valence-electron chi connectivity index (χ0n) is 12.8. The van der Waals surface area contributed by atoms with Crippen LogP contribution in [0, 0.1) is 17.5 Å². The van der Waals surface area contributed by atoms with E-state index in [9.17, 15) is 18.0 Å². The number of halogens is 3. The largest absolute Gasteiger partial charge is 0.486 e. The number of ether oxygens (including phenoxy) is 1. The number of benzene rings is 2. The van der Waals surface area contributed by atoms with Crippen molar-refractivity contribution in [1.29, 1.82) is 0 Å². The molecule has 8 heteroatoms. The summed E-state index contributed by atoms with van der Waals surface area (Å²) in [7, 11) is 0. The number of carbonyl (C=O) groups is 1. The van der Waals surface area contributed by atoms with Gasteiger partial charge in [-0.3, -0.25) is 4.79 Å². The predicted molar refractivity (Wildman–Crippen MR) is 82.8 cm³/mol. The number of hydrogen-bond acceptors (Lipinski definition) is 4. The van der Waals surface area contributed by atoms with E-state index in [1.807, 2.05) is 0 Å². The molecule has 1 amide bonds. The van der Waals surface area contributed by atoms with Crippen LogP contribution < -0.4 is 10.5 Å². The van der Waals surface area contributed by atoms with Crippen molar-refractivity contribution in [2.45, 2.75) is 12.5 Å². The molecule has 0 aromatic heterocycles. The van der Waals surface area contributed by atoms with Gasteiger partial charge in [0.05, 0.1) is 5.71 Å². The van der Waals surface area contributed by atoms with E-state index in [0.717, 1.165) is 12.1 Å². The number of carbonyl (C=O) groups excluding carboxylic acids is 1. The maximum atomic E-state index is 14.1. The summed E-state index contributed by atoms with van der Waals surface area (Å²) in [6.07, 6.45) is -0.126. The number of hydrogen-bond donors (Lipinski definition) is 1. The molecule has 3 rings (SSSR count). The van der Waals surface area contributed by atoms with E-state index in [0.29, 0.717) is 17.7 Å². The first-order valence-electron chi connectivity index (χ1n) is 7.35. The van der Waals surface area contributed by atoms with Gasteiger partial charge in [0.25, 0.3) is 5.91 Å². The summed E-state index contributed by atoms with van der Waals surface area (Å²) < 4.78 is 45.7. The lowest BCUT2D eigenvalue weighted by Crippen LogP contribution is -2.20. The monoisotopic (exact) mass is 350 g/mol. The third-order valence-corrected chi connectivity index (χ3v) is 3.64. The van der Waals surface area contributed by atoms with Crippen LogP contribution in [0.4, 0.5) is 13.2 Å². The second-order valence-electron chi connectivity index (χ2n) is 5.39. The third kappa shape index (κ3) is 3.57. The van der Waals surface area contributed by atoms with Crippen LogP contribution in [0.5, 0.6) is 5.75 Å². The Balaban J connectivity index is 1.63. The van der Waals surface area contributed by atoms with Gasteiger partial charge in [0.1, 0.15) is 23.8 Å². The Kier molecular flexibility index (Phi) is 4.60. The molecule has 0 saturated carbocycles. The molecular weight excluding hydrogens is 337 g/mol. The smallest absolute Gasteiger partial charge is 0.254 e. The minimum Gasteiger partial charge on any atom is -0.486 e. The van der Waals surface area contributed by atoms with Gasteiger partial charge in [0.2, 0.25) is 0 Å². The van der Waals surface area contributed by atoms with Crippen LogP contribution in [0.1, 0.15) is 22.3 Å². The molecular formula is C17H13F3N2O3. The fourth-order valence-corrected chi connectivity index (χ4v) is 2.38. The van der Waals surface area contributed by atoms with E-state index in [2.05, 4.69) is 5.16 Å². The van der Waals surface area contributed by atoms with Crippen molar-refractivity contribution in [1.82, 2.24) is 0 Å². The van der Waals surface area contributed by atoms with Crippen LogP contribution in [0.25, 0.3) is 0 Å². The molecule has 2 N–H and O–H groups in total. The maximum Gasteiger partial charge on any atom is 0.254 e. The third-order valence-electron chi connectivity index (χ3n) is 3.64. The second kappa shape index (κ2) is 6.84. The van der Waals surface area contributed by atoms with Crippen LogP contribution in [-0.2, 0) is 4.84 Å². The SMILES string of the molecule is NC(=O)c1c(F)ccc(OCC2CC(c3ccc(F)cc3)=NO2)c1F. The van der Waals surface area contributed by atoms with Crippen LogP contribution in [0.2, 0.25) is 0 Å². The quantitative estimate of drug-likeness (QED) is 0.901. The van der Waals surface area contributed by atoms with E-state index in [4.69, 9.17) is 15.3 Å². The van der Waals surface area contributed by atoms with Crippen molar-refractivity contribution in [3.8, 4) is 5.75 Å². The van der Waals surface area contributed by atoms with Crippen molar-refractivity contribution >= 4 is 11.6 Å². The summed E-state index contributed by atoms with van der Waals surface area (Å²) in [6, 6.07) is 7.71. The average molecular weight is 350 g/mol. The van der Waals surface area contributed by atoms with E-state index in [1.54, 1.807) is 12.1 Å². The molecule has 1 atom stereocenters. The Bertz CT molecular complexity index is 838. The molecule has 0 bridgehead atoms. The van der Waals surface area contributed by atoms with Crippen molar-refractivity contribution in [3.63, 3.8) is 0 Å². The van der Waals surface area contributed by atoms with E-state index < -0.39 is 29.2 Å². The first kappa shape index (κ1) is 16.8. The molecule has 1 aliphatic heterocycles. The van der Waals surface area contributed by atoms with Crippen LogP contribution >= 0.6 is 0 Å². The molecule has 0 saturated heterocycles. The van der Waals surface area contributed by atoms with Crippen LogP contribution in [0.3, 0.4) is 0 Å². The Hall–Kier alpha value is -3.03. The van der Waals surface area contributed by atoms with Gasteiger partial charge in [-0.25, -0.2) is 13.2 Å². The molecule has 0 fully saturated rings. The van der Waals surface area contributed by atoms with E-state index in [-0.39, 0.29) is 18.2 Å². The average Bonchev–Trinajstić information content (AvgIpc) is 3.03. The van der Waals surface area contributed by atoms with Gasteiger partial charge in [-0.2, -0.15) is 0 Å². The maximum absolute atomic E-state index is 14.1. The molecule has 2 aromatic rings. The van der Waals surface area contributed by atoms with Gasteiger partial charge >= 0.3 is 0 Å². The molecule has 0 radical (unpaired) electrons. The van der Waals surface area contributed by atoms with Crippen LogP contribution in [0.15, 0.2) is 41.6 Å². The normalized spacial score (nSPS) is 16.3. The van der Waals surface area contributed by atoms with E-state index in [1.165, 1.54) is 12.1 Å². The molecule has 0 spiro atoms. The zero-order chi connectivity index (χ0) is 18.0. The summed E-state index contributed by atoms with van der Waals surface area (Å²) in [6.45, 7) is -0.0745. The predicted octanol–water partition coefficient (Wildman–Crippen LogP) is 2.77. The molecule has 2 aromatic carbocycles. The number of nitrogens with zero attached hydrogens (tertiary/aromatic N) is 1. The van der Waals surface area contributed by atoms with Gasteiger partial charge < -0.3 is 15.3 Å². The Labute approximate surface area is 140 Å². The second-order valence-corrected chi connectivity index (χ2v) is 5.39. The fourth-order valence-electron chi connectivity index (χ4n) is 2.38. The lowest BCUT2D eigenvalue weighted by molar-refractivity contribution is 0.0458. The van der Waals surface area contributed by atoms with Gasteiger partial charge in [-0.05, 0) is 29.8 Å². The van der Waals surface area contributed by atoms with Crippen molar-refractivity contribution in [3.05, 3.63) is 65.0 Å². The summed E-state index contributed by atoms with van der Waals surface area (Å²) in [5.41, 5.74) is 5.40. The van der Waals surface area contributed by atoms with Gasteiger partial charge in [-0.1, -0.05) is 17.3 Å². The summed E-state index contributed by atoms with van der Waals surface area (Å²) in [5, 5.41) is 3.90. The highest BCUT2D eigenvalue weighted by Gasteiger charge is 2.25. The minimum absolute atomic E-state index is 0.0745. The summed E-state index contributed by atoms with van der Waals surface area (Å²) in [4.78, 5) is 16.3. The number of primary amides is 1. The Morgan fingerprint density at radius 1 is 1.20 bits per heavy atom. The number of oxime groups is 1. The summed E-state index contributed by atoms with van der Waals surface area (Å²) >= 11 is 0. The minimum atomic E-state index is -1.22. The topological polar surface area (TPSA) is 73.9 Å². The zero-order valence-corrected chi connectivity index (χ0v) is 12.8. The molecule has 25 heavy (non-hydrogen) atoms. The first-order valence-corrected chi connectivity index (χ1v) is 7.35.